The lowest BCUT2D eigenvalue weighted by Crippen LogP contribution is -2.06. The lowest BCUT2D eigenvalue weighted by atomic mass is 10.1. The number of hydrogen-bond acceptors (Lipinski definition) is 3. The van der Waals surface area contributed by atoms with E-state index < -0.39 is 11.4 Å². The highest BCUT2D eigenvalue weighted by Gasteiger charge is 2.13. The van der Waals surface area contributed by atoms with Crippen LogP contribution in [0.15, 0.2) is 27.4 Å². The molecule has 1 heterocycles. The monoisotopic (exact) mass is 306 g/mol. The minimum atomic E-state index is -0.655. The molecule has 1 aromatic carbocycles. The van der Waals surface area contributed by atoms with Crippen LogP contribution < -0.4 is 10.4 Å². The zero-order valence-corrected chi connectivity index (χ0v) is 13.3. The minimum absolute atomic E-state index is 0.0361. The van der Waals surface area contributed by atoms with Gasteiger partial charge in [-0.25, -0.2) is 9.18 Å². The number of ether oxygens (including phenoxy) is 1. The molecule has 0 N–H and O–H groups in total. The first-order valence-corrected chi connectivity index (χ1v) is 7.99. The lowest BCUT2D eigenvalue weighted by Gasteiger charge is -2.09. The summed E-state index contributed by atoms with van der Waals surface area (Å²) in [6.45, 7) is 4.32. The molecule has 0 bridgehead atoms. The molecule has 2 rings (SSSR count). The Morgan fingerprint density at radius 3 is 2.64 bits per heavy atom. The maximum Gasteiger partial charge on any atom is 0.346 e. The van der Waals surface area contributed by atoms with Gasteiger partial charge in [-0.3, -0.25) is 0 Å². The molecule has 0 aliphatic rings. The highest BCUT2D eigenvalue weighted by Crippen LogP contribution is 2.25. The standard InChI is InChI=1S/C18H23FO3/c1-3-4-5-6-7-8-11-21-15-10-9-14-12-13(2)22-18(20)16(14)17(15)19/h9-10,12H,3-8,11H2,1-2H3. The van der Waals surface area contributed by atoms with Gasteiger partial charge in [-0.2, -0.15) is 0 Å². The van der Waals surface area contributed by atoms with Crippen molar-refractivity contribution in [2.24, 2.45) is 0 Å². The summed E-state index contributed by atoms with van der Waals surface area (Å²) in [4.78, 5) is 11.8. The van der Waals surface area contributed by atoms with Gasteiger partial charge in [-0.05, 0) is 30.9 Å². The Morgan fingerprint density at radius 2 is 1.86 bits per heavy atom. The molecule has 0 aliphatic carbocycles. The van der Waals surface area contributed by atoms with E-state index in [0.717, 1.165) is 12.8 Å². The number of halogens is 1. The molecule has 0 atom stereocenters. The Hall–Kier alpha value is -1.84. The summed E-state index contributed by atoms with van der Waals surface area (Å²) in [5, 5.41) is 0.504. The second-order valence-electron chi connectivity index (χ2n) is 5.60. The van der Waals surface area contributed by atoms with Crippen molar-refractivity contribution in [3.63, 3.8) is 0 Å². The van der Waals surface area contributed by atoms with Gasteiger partial charge in [0.2, 0.25) is 0 Å². The van der Waals surface area contributed by atoms with Crippen molar-refractivity contribution in [3.05, 3.63) is 40.2 Å². The van der Waals surface area contributed by atoms with Crippen molar-refractivity contribution >= 4 is 10.8 Å². The van der Waals surface area contributed by atoms with Crippen LogP contribution in [0.5, 0.6) is 5.75 Å². The third-order valence-electron chi connectivity index (χ3n) is 3.71. The molecular formula is C18H23FO3. The number of hydrogen-bond donors (Lipinski definition) is 0. The van der Waals surface area contributed by atoms with Gasteiger partial charge >= 0.3 is 5.63 Å². The molecule has 0 radical (unpaired) electrons. The molecular weight excluding hydrogens is 283 g/mol. The van der Waals surface area contributed by atoms with E-state index in [2.05, 4.69) is 6.92 Å². The molecule has 4 heteroatoms. The maximum atomic E-state index is 14.4. The summed E-state index contributed by atoms with van der Waals surface area (Å²) in [7, 11) is 0. The van der Waals surface area contributed by atoms with Gasteiger partial charge in [0.1, 0.15) is 11.1 Å². The van der Waals surface area contributed by atoms with E-state index in [9.17, 15) is 9.18 Å². The van der Waals surface area contributed by atoms with Gasteiger partial charge in [-0.15, -0.1) is 0 Å². The van der Waals surface area contributed by atoms with Crippen molar-refractivity contribution < 1.29 is 13.5 Å². The Bertz CT molecular complexity index is 676. The largest absolute Gasteiger partial charge is 0.490 e. The van der Waals surface area contributed by atoms with Crippen LogP contribution in [0.3, 0.4) is 0 Å². The predicted octanol–water partition coefficient (Wildman–Crippen LogP) is 4.98. The smallest absolute Gasteiger partial charge is 0.346 e. The van der Waals surface area contributed by atoms with Crippen LogP contribution in [0.2, 0.25) is 0 Å². The zero-order valence-electron chi connectivity index (χ0n) is 13.3. The average Bonchev–Trinajstić information content (AvgIpc) is 2.47. The van der Waals surface area contributed by atoms with Crippen molar-refractivity contribution in [3.8, 4) is 5.75 Å². The summed E-state index contributed by atoms with van der Waals surface area (Å²) in [5.74, 6) is -0.0351. The van der Waals surface area contributed by atoms with E-state index >= 15 is 0 Å². The van der Waals surface area contributed by atoms with Crippen LogP contribution in [0.25, 0.3) is 10.8 Å². The Labute approximate surface area is 130 Å². The normalized spacial score (nSPS) is 11.0. The molecule has 0 saturated heterocycles. The van der Waals surface area contributed by atoms with Crippen LogP contribution in [0, 0.1) is 12.7 Å². The van der Waals surface area contributed by atoms with Crippen LogP contribution in [0.4, 0.5) is 4.39 Å². The number of unbranched alkanes of at least 4 members (excludes halogenated alkanes) is 5. The van der Waals surface area contributed by atoms with Gasteiger partial charge in [0.05, 0.1) is 6.61 Å². The van der Waals surface area contributed by atoms with Crippen LogP contribution in [-0.2, 0) is 0 Å². The van der Waals surface area contributed by atoms with Gasteiger partial charge in [0.25, 0.3) is 0 Å². The number of benzene rings is 1. The number of rotatable bonds is 8. The highest BCUT2D eigenvalue weighted by molar-refractivity contribution is 5.83. The van der Waals surface area contributed by atoms with Crippen LogP contribution in [0.1, 0.15) is 51.2 Å². The average molecular weight is 306 g/mol. The predicted molar refractivity (Wildman–Crippen MR) is 86.1 cm³/mol. The van der Waals surface area contributed by atoms with Crippen LogP contribution in [-0.4, -0.2) is 6.61 Å². The topological polar surface area (TPSA) is 39.4 Å². The highest BCUT2D eigenvalue weighted by atomic mass is 19.1. The molecule has 120 valence electrons. The van der Waals surface area contributed by atoms with E-state index in [1.165, 1.54) is 25.7 Å². The Kier molecular flexibility index (Phi) is 5.99. The van der Waals surface area contributed by atoms with E-state index in [4.69, 9.17) is 9.15 Å². The van der Waals surface area contributed by atoms with Gasteiger partial charge in [0.15, 0.2) is 11.6 Å². The summed E-state index contributed by atoms with van der Waals surface area (Å²) < 4.78 is 24.8. The summed E-state index contributed by atoms with van der Waals surface area (Å²) in [6.07, 6.45) is 6.87. The van der Waals surface area contributed by atoms with Crippen molar-refractivity contribution in [1.29, 1.82) is 0 Å². The molecule has 0 unspecified atom stereocenters. The van der Waals surface area contributed by atoms with Gasteiger partial charge in [0, 0.05) is 0 Å². The summed E-state index contributed by atoms with van der Waals surface area (Å²) in [5.41, 5.74) is -0.655. The molecule has 0 spiro atoms. The molecule has 3 nitrogen and oxygen atoms in total. The van der Waals surface area contributed by atoms with Crippen molar-refractivity contribution in [2.45, 2.75) is 52.4 Å². The zero-order chi connectivity index (χ0) is 15.9. The van der Waals surface area contributed by atoms with Crippen molar-refractivity contribution in [1.82, 2.24) is 0 Å². The Morgan fingerprint density at radius 1 is 1.14 bits per heavy atom. The molecule has 1 aromatic heterocycles. The molecule has 22 heavy (non-hydrogen) atoms. The van der Waals surface area contributed by atoms with Gasteiger partial charge in [-0.1, -0.05) is 45.1 Å². The van der Waals surface area contributed by atoms with Gasteiger partial charge < -0.3 is 9.15 Å². The first-order valence-electron chi connectivity index (χ1n) is 7.99. The van der Waals surface area contributed by atoms with Crippen LogP contribution >= 0.6 is 0 Å². The van der Waals surface area contributed by atoms with E-state index in [1.807, 2.05) is 0 Å². The quantitative estimate of drug-likeness (QED) is 0.646. The van der Waals surface area contributed by atoms with Crippen molar-refractivity contribution in [2.75, 3.05) is 6.61 Å². The maximum absolute atomic E-state index is 14.4. The van der Waals surface area contributed by atoms with E-state index in [0.29, 0.717) is 17.8 Å². The van der Waals surface area contributed by atoms with E-state index in [1.54, 1.807) is 25.1 Å². The third kappa shape index (κ3) is 4.09. The second kappa shape index (κ2) is 7.97. The minimum Gasteiger partial charge on any atom is -0.490 e. The van der Waals surface area contributed by atoms with E-state index in [-0.39, 0.29) is 11.1 Å². The summed E-state index contributed by atoms with van der Waals surface area (Å²) >= 11 is 0. The fourth-order valence-corrected chi connectivity index (χ4v) is 2.52. The summed E-state index contributed by atoms with van der Waals surface area (Å²) in [6, 6.07) is 4.92. The second-order valence-corrected chi connectivity index (χ2v) is 5.60. The SMILES string of the molecule is CCCCCCCCOc1ccc2cc(C)oc(=O)c2c1F. The first kappa shape index (κ1) is 16.5. The lowest BCUT2D eigenvalue weighted by molar-refractivity contribution is 0.291. The fraction of sp³-hybridized carbons (Fsp3) is 0.500. The molecule has 2 aromatic rings. The molecule has 0 saturated carbocycles. The Balaban J connectivity index is 1.98. The number of fused-ring (bicyclic) bond motifs is 1. The molecule has 0 amide bonds. The number of aryl methyl sites for hydroxylation is 1. The third-order valence-corrected chi connectivity index (χ3v) is 3.71. The first-order chi connectivity index (χ1) is 10.6. The molecule has 0 aliphatic heterocycles. The molecule has 0 fully saturated rings. The fourth-order valence-electron chi connectivity index (χ4n) is 2.52.